The highest BCUT2D eigenvalue weighted by molar-refractivity contribution is 7.99. The third-order valence-electron chi connectivity index (χ3n) is 3.47. The molecular weight excluding hydrogens is 284 g/mol. The molecule has 1 unspecified atom stereocenters. The number of aliphatic hydroxyl groups is 1. The molecule has 0 aliphatic rings. The van der Waals surface area contributed by atoms with Gasteiger partial charge in [-0.2, -0.15) is 5.26 Å². The van der Waals surface area contributed by atoms with Crippen LogP contribution in [0.3, 0.4) is 0 Å². The molecule has 1 atom stereocenters. The van der Waals surface area contributed by atoms with Crippen LogP contribution >= 0.6 is 11.8 Å². The van der Waals surface area contributed by atoms with Gasteiger partial charge in [0.1, 0.15) is 0 Å². The van der Waals surface area contributed by atoms with Gasteiger partial charge in [-0.15, -0.1) is 11.8 Å². The lowest BCUT2D eigenvalue weighted by atomic mass is 9.93. The molecular formula is C16H22N2O2S. The Morgan fingerprint density at radius 3 is 2.57 bits per heavy atom. The predicted octanol–water partition coefficient (Wildman–Crippen LogP) is 2.31. The van der Waals surface area contributed by atoms with Crippen molar-refractivity contribution in [2.75, 3.05) is 12.3 Å². The van der Waals surface area contributed by atoms with Crippen LogP contribution in [0.2, 0.25) is 0 Å². The van der Waals surface area contributed by atoms with Crippen molar-refractivity contribution in [2.24, 2.45) is 5.92 Å². The van der Waals surface area contributed by atoms with Crippen LogP contribution in [0.15, 0.2) is 24.3 Å². The number of nitrogens with zero attached hydrogens (tertiary/aromatic N) is 1. The first-order chi connectivity index (χ1) is 9.85. The minimum Gasteiger partial charge on any atom is -0.388 e. The van der Waals surface area contributed by atoms with Crippen LogP contribution in [0.1, 0.15) is 31.9 Å². The molecule has 114 valence electrons. The smallest absolute Gasteiger partial charge is 0.230 e. The number of nitrogens with one attached hydrogen (secondary N) is 1. The third-order valence-corrected chi connectivity index (χ3v) is 4.48. The standard InChI is InChI=1S/C16H22N2O2S/c1-12(2)16(3,20)11-18-15(19)10-21-9-14-6-4-13(8-17)5-7-14/h4-7,12,20H,9-11H2,1-3H3,(H,18,19). The fourth-order valence-electron chi connectivity index (χ4n) is 1.47. The Hall–Kier alpha value is -1.51. The maximum atomic E-state index is 11.7. The summed E-state index contributed by atoms with van der Waals surface area (Å²) in [6.07, 6.45) is 0. The van der Waals surface area contributed by atoms with E-state index in [2.05, 4.69) is 11.4 Å². The van der Waals surface area contributed by atoms with Crippen LogP contribution in [0, 0.1) is 17.2 Å². The van der Waals surface area contributed by atoms with Crippen molar-refractivity contribution in [3.8, 4) is 6.07 Å². The molecule has 0 aliphatic carbocycles. The molecule has 0 heterocycles. The highest BCUT2D eigenvalue weighted by atomic mass is 32.2. The number of benzene rings is 1. The first-order valence-electron chi connectivity index (χ1n) is 6.91. The van der Waals surface area contributed by atoms with Gasteiger partial charge in [0.05, 0.1) is 23.0 Å². The molecule has 0 saturated carbocycles. The summed E-state index contributed by atoms with van der Waals surface area (Å²) in [5, 5.41) is 21.5. The fraction of sp³-hybridized carbons (Fsp3) is 0.500. The Balaban J connectivity index is 2.29. The van der Waals surface area contributed by atoms with Gasteiger partial charge in [0.15, 0.2) is 0 Å². The van der Waals surface area contributed by atoms with Gasteiger partial charge in [0.2, 0.25) is 5.91 Å². The molecule has 4 nitrogen and oxygen atoms in total. The van der Waals surface area contributed by atoms with Crippen LogP contribution in [-0.2, 0) is 10.5 Å². The van der Waals surface area contributed by atoms with Crippen molar-refractivity contribution in [3.05, 3.63) is 35.4 Å². The zero-order valence-corrected chi connectivity index (χ0v) is 13.5. The second kappa shape index (κ2) is 8.06. The summed E-state index contributed by atoms with van der Waals surface area (Å²) >= 11 is 1.51. The molecule has 0 bridgehead atoms. The van der Waals surface area contributed by atoms with Crippen molar-refractivity contribution in [3.63, 3.8) is 0 Å². The van der Waals surface area contributed by atoms with Gasteiger partial charge in [-0.3, -0.25) is 4.79 Å². The van der Waals surface area contributed by atoms with Crippen molar-refractivity contribution in [2.45, 2.75) is 32.1 Å². The molecule has 0 saturated heterocycles. The van der Waals surface area contributed by atoms with Crippen molar-refractivity contribution in [1.82, 2.24) is 5.32 Å². The zero-order chi connectivity index (χ0) is 15.9. The molecule has 0 spiro atoms. The SMILES string of the molecule is CC(C)C(C)(O)CNC(=O)CSCc1ccc(C#N)cc1. The second-order valence-corrected chi connectivity index (χ2v) is 6.58. The van der Waals surface area contributed by atoms with E-state index in [1.54, 1.807) is 19.1 Å². The van der Waals surface area contributed by atoms with Crippen molar-refractivity contribution < 1.29 is 9.90 Å². The average molecular weight is 306 g/mol. The number of hydrogen-bond acceptors (Lipinski definition) is 4. The summed E-state index contributed by atoms with van der Waals surface area (Å²) in [7, 11) is 0. The summed E-state index contributed by atoms with van der Waals surface area (Å²) in [6.45, 7) is 5.83. The maximum absolute atomic E-state index is 11.7. The first kappa shape index (κ1) is 17.5. The van der Waals surface area contributed by atoms with E-state index < -0.39 is 5.60 Å². The maximum Gasteiger partial charge on any atom is 0.230 e. The number of amides is 1. The summed E-state index contributed by atoms with van der Waals surface area (Å²) in [5.41, 5.74) is 0.839. The van der Waals surface area contributed by atoms with Crippen LogP contribution in [0.25, 0.3) is 0 Å². The Labute approximate surface area is 130 Å². The quantitative estimate of drug-likeness (QED) is 0.811. The topological polar surface area (TPSA) is 73.1 Å². The zero-order valence-electron chi connectivity index (χ0n) is 12.7. The van der Waals surface area contributed by atoms with Gasteiger partial charge in [-0.25, -0.2) is 0 Å². The van der Waals surface area contributed by atoms with E-state index >= 15 is 0 Å². The fourth-order valence-corrected chi connectivity index (χ4v) is 2.29. The second-order valence-electron chi connectivity index (χ2n) is 5.59. The largest absolute Gasteiger partial charge is 0.388 e. The van der Waals surface area contributed by atoms with Crippen LogP contribution in [-0.4, -0.2) is 28.9 Å². The predicted molar refractivity (Wildman–Crippen MR) is 85.8 cm³/mol. The molecule has 1 amide bonds. The molecule has 0 radical (unpaired) electrons. The monoisotopic (exact) mass is 306 g/mol. The third kappa shape index (κ3) is 6.19. The lowest BCUT2D eigenvalue weighted by Crippen LogP contribution is -2.44. The van der Waals surface area contributed by atoms with Crippen LogP contribution in [0.5, 0.6) is 0 Å². The first-order valence-corrected chi connectivity index (χ1v) is 8.06. The van der Waals surface area contributed by atoms with Crippen LogP contribution < -0.4 is 5.32 Å². The van der Waals surface area contributed by atoms with Gasteiger partial charge in [0.25, 0.3) is 0 Å². The number of carbonyl (C=O) groups excluding carboxylic acids is 1. The molecule has 1 rings (SSSR count). The minimum absolute atomic E-state index is 0.0745. The van der Waals surface area contributed by atoms with Gasteiger partial charge in [0, 0.05) is 12.3 Å². The highest BCUT2D eigenvalue weighted by Crippen LogP contribution is 2.15. The summed E-state index contributed by atoms with van der Waals surface area (Å²) < 4.78 is 0. The van der Waals surface area contributed by atoms with E-state index in [0.29, 0.717) is 11.3 Å². The number of nitriles is 1. The van der Waals surface area contributed by atoms with Crippen molar-refractivity contribution in [1.29, 1.82) is 5.26 Å². The van der Waals surface area contributed by atoms with E-state index in [-0.39, 0.29) is 18.4 Å². The normalized spacial score (nSPS) is 13.5. The van der Waals surface area contributed by atoms with Gasteiger partial charge >= 0.3 is 0 Å². The van der Waals surface area contributed by atoms with E-state index in [0.717, 1.165) is 11.3 Å². The van der Waals surface area contributed by atoms with E-state index in [1.165, 1.54) is 11.8 Å². The van der Waals surface area contributed by atoms with E-state index in [1.807, 2.05) is 26.0 Å². The molecule has 0 fully saturated rings. The number of thioether (sulfide) groups is 1. The van der Waals surface area contributed by atoms with E-state index in [4.69, 9.17) is 5.26 Å². The molecule has 0 aliphatic heterocycles. The number of carbonyl (C=O) groups is 1. The van der Waals surface area contributed by atoms with Crippen molar-refractivity contribution >= 4 is 17.7 Å². The lowest BCUT2D eigenvalue weighted by molar-refractivity contribution is -0.120. The molecule has 1 aromatic carbocycles. The average Bonchev–Trinajstić information content (AvgIpc) is 2.46. The van der Waals surface area contributed by atoms with E-state index in [9.17, 15) is 9.90 Å². The van der Waals surface area contributed by atoms with Gasteiger partial charge < -0.3 is 10.4 Å². The Morgan fingerprint density at radius 2 is 2.05 bits per heavy atom. The number of rotatable bonds is 7. The molecule has 2 N–H and O–H groups in total. The van der Waals surface area contributed by atoms with Gasteiger partial charge in [-0.05, 0) is 30.5 Å². The molecule has 21 heavy (non-hydrogen) atoms. The molecule has 1 aromatic rings. The van der Waals surface area contributed by atoms with Crippen LogP contribution in [0.4, 0.5) is 0 Å². The Bertz CT molecular complexity index is 504. The van der Waals surface area contributed by atoms with Gasteiger partial charge in [-0.1, -0.05) is 26.0 Å². The lowest BCUT2D eigenvalue weighted by Gasteiger charge is -2.27. The summed E-state index contributed by atoms with van der Waals surface area (Å²) in [5.74, 6) is 1.09. The minimum atomic E-state index is -0.881. The number of hydrogen-bond donors (Lipinski definition) is 2. The Kier molecular flexibility index (Phi) is 6.73. The molecule has 0 aromatic heterocycles. The summed E-state index contributed by atoms with van der Waals surface area (Å²) in [6, 6.07) is 9.41. The summed E-state index contributed by atoms with van der Waals surface area (Å²) in [4.78, 5) is 11.7. The highest BCUT2D eigenvalue weighted by Gasteiger charge is 2.25. The molecule has 5 heteroatoms. The Morgan fingerprint density at radius 1 is 1.43 bits per heavy atom.